The molecule has 136 valence electrons. The molecule has 1 aromatic rings. The third-order valence-electron chi connectivity index (χ3n) is 4.70. The highest BCUT2D eigenvalue weighted by Gasteiger charge is 2.19. The Morgan fingerprint density at radius 1 is 1.21 bits per heavy atom. The van der Waals surface area contributed by atoms with E-state index in [1.807, 2.05) is 18.4 Å². The molecule has 1 aliphatic heterocycles. The van der Waals surface area contributed by atoms with E-state index in [1.165, 1.54) is 4.88 Å². The standard InChI is InChI=1S/C18H33N5S/c1-15(12-17-6-5-11-24-17)13-20-18(19-3)21-14-16(2)23-9-7-22(4)8-10-23/h5-6,11,15-16H,7-10,12-14H2,1-4H3,(H2,19,20,21). The Bertz CT molecular complexity index is 480. The molecule has 2 rings (SSSR count). The summed E-state index contributed by atoms with van der Waals surface area (Å²) in [6.45, 7) is 11.1. The van der Waals surface area contributed by atoms with Crippen LogP contribution in [0.1, 0.15) is 18.7 Å². The highest BCUT2D eigenvalue weighted by molar-refractivity contribution is 7.09. The summed E-state index contributed by atoms with van der Waals surface area (Å²) in [5, 5.41) is 9.09. The van der Waals surface area contributed by atoms with Gasteiger partial charge in [0.1, 0.15) is 0 Å². The topological polar surface area (TPSA) is 42.9 Å². The van der Waals surface area contributed by atoms with Crippen molar-refractivity contribution in [2.24, 2.45) is 10.9 Å². The predicted octanol–water partition coefficient (Wildman–Crippen LogP) is 1.73. The molecule has 0 aliphatic carbocycles. The average Bonchev–Trinajstić information content (AvgIpc) is 3.08. The second-order valence-corrected chi connectivity index (χ2v) is 7.94. The minimum Gasteiger partial charge on any atom is -0.356 e. The molecule has 0 radical (unpaired) electrons. The molecule has 0 saturated carbocycles. The number of nitrogens with zero attached hydrogens (tertiary/aromatic N) is 3. The Kier molecular flexibility index (Phi) is 8.02. The lowest BCUT2D eigenvalue weighted by Gasteiger charge is -2.36. The zero-order chi connectivity index (χ0) is 17.4. The molecular weight excluding hydrogens is 318 g/mol. The van der Waals surface area contributed by atoms with Crippen LogP contribution in [-0.2, 0) is 6.42 Å². The van der Waals surface area contributed by atoms with E-state index in [-0.39, 0.29) is 0 Å². The SMILES string of the molecule is CN=C(NCC(C)Cc1cccs1)NCC(C)N1CCN(C)CC1. The van der Waals surface area contributed by atoms with Crippen molar-refractivity contribution in [3.8, 4) is 0 Å². The van der Waals surface area contributed by atoms with Gasteiger partial charge >= 0.3 is 0 Å². The van der Waals surface area contributed by atoms with Crippen molar-refractivity contribution in [2.75, 3.05) is 53.4 Å². The third kappa shape index (κ3) is 6.42. The van der Waals surface area contributed by atoms with E-state index in [4.69, 9.17) is 0 Å². The lowest BCUT2D eigenvalue weighted by Crippen LogP contribution is -2.52. The van der Waals surface area contributed by atoms with Crippen LogP contribution in [0.5, 0.6) is 0 Å². The molecule has 2 atom stereocenters. The van der Waals surface area contributed by atoms with Gasteiger partial charge in [0.05, 0.1) is 0 Å². The molecule has 2 unspecified atom stereocenters. The second-order valence-electron chi connectivity index (χ2n) is 6.91. The quantitative estimate of drug-likeness (QED) is 0.580. The van der Waals surface area contributed by atoms with Crippen LogP contribution in [-0.4, -0.2) is 75.2 Å². The molecule has 1 fully saturated rings. The van der Waals surface area contributed by atoms with Crippen molar-refractivity contribution in [1.82, 2.24) is 20.4 Å². The summed E-state index contributed by atoms with van der Waals surface area (Å²) in [7, 11) is 4.04. The first-order valence-electron chi connectivity index (χ1n) is 8.98. The number of rotatable bonds is 7. The van der Waals surface area contributed by atoms with E-state index in [2.05, 4.69) is 63.8 Å². The summed E-state index contributed by atoms with van der Waals surface area (Å²) in [5.74, 6) is 1.51. The Morgan fingerprint density at radius 2 is 1.92 bits per heavy atom. The second kappa shape index (κ2) is 10.0. The van der Waals surface area contributed by atoms with Gasteiger partial charge in [0.2, 0.25) is 0 Å². The monoisotopic (exact) mass is 351 g/mol. The van der Waals surface area contributed by atoms with Crippen molar-refractivity contribution in [1.29, 1.82) is 0 Å². The number of nitrogens with one attached hydrogen (secondary N) is 2. The van der Waals surface area contributed by atoms with E-state index in [0.717, 1.165) is 51.6 Å². The fraction of sp³-hybridized carbons (Fsp3) is 0.722. The summed E-state index contributed by atoms with van der Waals surface area (Å²) < 4.78 is 0. The van der Waals surface area contributed by atoms with Gasteiger partial charge in [0.15, 0.2) is 5.96 Å². The van der Waals surface area contributed by atoms with Gasteiger partial charge in [-0.1, -0.05) is 13.0 Å². The van der Waals surface area contributed by atoms with Gasteiger partial charge in [-0.3, -0.25) is 9.89 Å². The van der Waals surface area contributed by atoms with Gasteiger partial charge in [0.25, 0.3) is 0 Å². The zero-order valence-electron chi connectivity index (χ0n) is 15.6. The number of hydrogen-bond donors (Lipinski definition) is 2. The number of aliphatic imine (C=N–C) groups is 1. The molecule has 0 bridgehead atoms. The van der Waals surface area contributed by atoms with E-state index in [1.54, 1.807) is 0 Å². The molecule has 6 heteroatoms. The highest BCUT2D eigenvalue weighted by Crippen LogP contribution is 2.13. The molecule has 5 nitrogen and oxygen atoms in total. The molecule has 1 aliphatic rings. The fourth-order valence-electron chi connectivity index (χ4n) is 2.97. The van der Waals surface area contributed by atoms with Crippen LogP contribution in [0.2, 0.25) is 0 Å². The first-order chi connectivity index (χ1) is 11.6. The van der Waals surface area contributed by atoms with Crippen molar-refractivity contribution in [3.05, 3.63) is 22.4 Å². The van der Waals surface area contributed by atoms with E-state index in [0.29, 0.717) is 12.0 Å². The molecular formula is C18H33N5S. The zero-order valence-corrected chi connectivity index (χ0v) is 16.4. The van der Waals surface area contributed by atoms with Crippen LogP contribution in [0.15, 0.2) is 22.5 Å². The van der Waals surface area contributed by atoms with Crippen LogP contribution >= 0.6 is 11.3 Å². The first-order valence-corrected chi connectivity index (χ1v) is 9.86. The van der Waals surface area contributed by atoms with Gasteiger partial charge in [-0.25, -0.2) is 0 Å². The summed E-state index contributed by atoms with van der Waals surface area (Å²) in [4.78, 5) is 10.8. The molecule has 2 heterocycles. The van der Waals surface area contributed by atoms with Crippen LogP contribution in [0.4, 0.5) is 0 Å². The lowest BCUT2D eigenvalue weighted by atomic mass is 10.1. The number of likely N-dealkylation sites (N-methyl/N-ethyl adjacent to an activating group) is 1. The van der Waals surface area contributed by atoms with Crippen molar-refractivity contribution in [3.63, 3.8) is 0 Å². The van der Waals surface area contributed by atoms with E-state index in [9.17, 15) is 0 Å². The maximum absolute atomic E-state index is 4.36. The normalized spacial score (nSPS) is 19.9. The summed E-state index contributed by atoms with van der Waals surface area (Å²) >= 11 is 1.84. The molecule has 0 amide bonds. The summed E-state index contributed by atoms with van der Waals surface area (Å²) in [5.41, 5.74) is 0. The predicted molar refractivity (Wildman–Crippen MR) is 105 cm³/mol. The molecule has 1 aromatic heterocycles. The van der Waals surface area contributed by atoms with Crippen molar-refractivity contribution >= 4 is 17.3 Å². The third-order valence-corrected chi connectivity index (χ3v) is 5.60. The Morgan fingerprint density at radius 3 is 2.54 bits per heavy atom. The minimum atomic E-state index is 0.529. The number of guanidine groups is 1. The van der Waals surface area contributed by atoms with E-state index >= 15 is 0 Å². The van der Waals surface area contributed by atoms with Crippen LogP contribution in [0.25, 0.3) is 0 Å². The van der Waals surface area contributed by atoms with Gasteiger partial charge in [-0.15, -0.1) is 11.3 Å². The average molecular weight is 352 g/mol. The maximum Gasteiger partial charge on any atom is 0.191 e. The Hall–Kier alpha value is -1.11. The highest BCUT2D eigenvalue weighted by atomic mass is 32.1. The maximum atomic E-state index is 4.36. The molecule has 24 heavy (non-hydrogen) atoms. The minimum absolute atomic E-state index is 0.529. The van der Waals surface area contributed by atoms with Crippen molar-refractivity contribution in [2.45, 2.75) is 26.3 Å². The Balaban J connectivity index is 1.66. The van der Waals surface area contributed by atoms with Crippen LogP contribution in [0, 0.1) is 5.92 Å². The molecule has 1 saturated heterocycles. The van der Waals surface area contributed by atoms with Crippen LogP contribution in [0.3, 0.4) is 0 Å². The smallest absolute Gasteiger partial charge is 0.191 e. The molecule has 0 aromatic carbocycles. The van der Waals surface area contributed by atoms with Gasteiger partial charge in [-0.05, 0) is 37.8 Å². The largest absolute Gasteiger partial charge is 0.356 e. The summed E-state index contributed by atoms with van der Waals surface area (Å²) in [6.07, 6.45) is 1.12. The van der Waals surface area contributed by atoms with Gasteiger partial charge < -0.3 is 15.5 Å². The number of thiophene rings is 1. The van der Waals surface area contributed by atoms with Crippen molar-refractivity contribution < 1.29 is 0 Å². The number of hydrogen-bond acceptors (Lipinski definition) is 4. The molecule has 0 spiro atoms. The van der Waals surface area contributed by atoms with Crippen LogP contribution < -0.4 is 10.6 Å². The first kappa shape index (κ1) is 19.2. The molecule has 2 N–H and O–H groups in total. The summed E-state index contributed by atoms with van der Waals surface area (Å²) in [6, 6.07) is 4.87. The van der Waals surface area contributed by atoms with Gasteiger partial charge in [-0.2, -0.15) is 0 Å². The van der Waals surface area contributed by atoms with Gasteiger partial charge in [0, 0.05) is 57.2 Å². The fourth-order valence-corrected chi connectivity index (χ4v) is 3.84. The number of piperazine rings is 1. The Labute approximate surface area is 151 Å². The van der Waals surface area contributed by atoms with E-state index < -0.39 is 0 Å². The lowest BCUT2D eigenvalue weighted by molar-refractivity contribution is 0.120.